The molecule has 0 unspecified atom stereocenters. The number of para-hydroxylation sites is 1. The normalized spacial score (nSPS) is 12.8. The van der Waals surface area contributed by atoms with Crippen LogP contribution in [-0.2, 0) is 28.9 Å². The van der Waals surface area contributed by atoms with Gasteiger partial charge in [0.05, 0.1) is 29.6 Å². The molecule has 2 aromatic heterocycles. The summed E-state index contributed by atoms with van der Waals surface area (Å²) in [5, 5.41) is 3.33. The Morgan fingerprint density at radius 2 is 2.11 bits per heavy atom. The maximum absolute atomic E-state index is 12.9. The van der Waals surface area contributed by atoms with E-state index in [-0.39, 0.29) is 24.3 Å². The molecule has 7 nitrogen and oxygen atoms in total. The largest absolute Gasteiger partial charge is 0.462 e. The maximum atomic E-state index is 12.9. The molecule has 0 radical (unpaired) electrons. The van der Waals surface area contributed by atoms with Crippen LogP contribution in [0.3, 0.4) is 0 Å². The van der Waals surface area contributed by atoms with E-state index in [1.165, 1.54) is 15.8 Å². The molecule has 0 atom stereocenters. The number of carbonyl (C=O) groups excluding carboxylic acids is 2. The number of aryl methyl sites for hydroxylation is 2. The van der Waals surface area contributed by atoms with Gasteiger partial charge in [-0.3, -0.25) is 14.2 Å². The van der Waals surface area contributed by atoms with Crippen LogP contribution in [0.25, 0.3) is 10.2 Å². The molecule has 0 fully saturated rings. The summed E-state index contributed by atoms with van der Waals surface area (Å²) in [5.41, 5.74) is 1.51. The van der Waals surface area contributed by atoms with E-state index in [0.717, 1.165) is 29.7 Å². The number of fused-ring (bicyclic) bond motifs is 3. The van der Waals surface area contributed by atoms with Gasteiger partial charge in [0.2, 0.25) is 5.91 Å². The van der Waals surface area contributed by atoms with Gasteiger partial charge in [0.1, 0.15) is 11.4 Å². The van der Waals surface area contributed by atoms with Crippen LogP contribution in [0.2, 0.25) is 0 Å². The highest BCUT2D eigenvalue weighted by Gasteiger charge is 2.22. The van der Waals surface area contributed by atoms with Gasteiger partial charge < -0.3 is 10.1 Å². The number of hydrogen-bond acceptors (Lipinski definition) is 6. The second kappa shape index (κ2) is 7.55. The number of hydrogen-bond donors (Lipinski definition) is 1. The third-order valence-electron chi connectivity index (χ3n) is 4.70. The molecule has 0 aliphatic heterocycles. The van der Waals surface area contributed by atoms with Crippen LogP contribution in [0.5, 0.6) is 0 Å². The van der Waals surface area contributed by atoms with E-state index in [4.69, 9.17) is 4.74 Å². The lowest BCUT2D eigenvalue weighted by Crippen LogP contribution is -2.28. The van der Waals surface area contributed by atoms with Gasteiger partial charge in [-0.2, -0.15) is 0 Å². The molecular weight excluding hydrogens is 378 g/mol. The van der Waals surface area contributed by atoms with E-state index in [9.17, 15) is 14.4 Å². The zero-order valence-corrected chi connectivity index (χ0v) is 16.2. The van der Waals surface area contributed by atoms with Crippen molar-refractivity contribution in [3.63, 3.8) is 0 Å². The quantitative estimate of drug-likeness (QED) is 0.669. The summed E-state index contributed by atoms with van der Waals surface area (Å²) >= 11 is 1.56. The molecular formula is C20H19N3O4S. The smallest absolute Gasteiger partial charge is 0.340 e. The van der Waals surface area contributed by atoms with Crippen molar-refractivity contribution in [3.05, 3.63) is 57.0 Å². The lowest BCUT2D eigenvalue weighted by atomic mass is 10.2. The average Bonchev–Trinajstić information content (AvgIpc) is 3.25. The molecule has 8 heteroatoms. The predicted octanol–water partition coefficient (Wildman–Crippen LogP) is 2.76. The van der Waals surface area contributed by atoms with Gasteiger partial charge >= 0.3 is 5.97 Å². The van der Waals surface area contributed by atoms with Gasteiger partial charge in [-0.1, -0.05) is 12.1 Å². The Kier molecular flexibility index (Phi) is 4.95. The number of nitrogens with one attached hydrogen (secondary N) is 1. The Morgan fingerprint density at radius 1 is 1.29 bits per heavy atom. The molecule has 144 valence electrons. The zero-order valence-electron chi connectivity index (χ0n) is 15.4. The topological polar surface area (TPSA) is 90.3 Å². The Hall–Kier alpha value is -3.00. The number of aromatic nitrogens is 2. The fourth-order valence-electron chi connectivity index (χ4n) is 3.46. The van der Waals surface area contributed by atoms with Gasteiger partial charge in [0.15, 0.2) is 0 Å². The summed E-state index contributed by atoms with van der Waals surface area (Å²) in [5.74, 6) is -0.917. The van der Waals surface area contributed by atoms with E-state index in [0.29, 0.717) is 11.1 Å². The SMILES string of the molecule is CCOC(=O)c1ccccc1NC(=O)Cn1cnc2sc3c(c2c1=O)CCC3. The number of carbonyl (C=O) groups is 2. The minimum absolute atomic E-state index is 0.177. The first kappa shape index (κ1) is 18.4. The zero-order chi connectivity index (χ0) is 19.7. The fraction of sp³-hybridized carbons (Fsp3) is 0.300. The number of nitrogens with zero attached hydrogens (tertiary/aromatic N) is 2. The molecule has 1 aliphatic carbocycles. The molecule has 0 spiro atoms. The van der Waals surface area contributed by atoms with Crippen molar-refractivity contribution in [2.24, 2.45) is 0 Å². The molecule has 0 saturated heterocycles. The number of benzene rings is 1. The summed E-state index contributed by atoms with van der Waals surface area (Å²) in [6, 6.07) is 6.62. The standard InChI is InChI=1S/C20H19N3O4S/c1-2-27-20(26)12-6-3-4-8-14(12)22-16(24)10-23-11-21-18-17(19(23)25)13-7-5-9-15(13)28-18/h3-4,6,8,11H,2,5,7,9-10H2,1H3,(H,22,24). The number of esters is 1. The van der Waals surface area contributed by atoms with E-state index in [1.807, 2.05) is 0 Å². The summed E-state index contributed by atoms with van der Waals surface area (Å²) < 4.78 is 6.33. The van der Waals surface area contributed by atoms with E-state index >= 15 is 0 Å². The molecule has 1 N–H and O–H groups in total. The summed E-state index contributed by atoms with van der Waals surface area (Å²) in [6.07, 6.45) is 4.33. The molecule has 3 aromatic rings. The lowest BCUT2D eigenvalue weighted by Gasteiger charge is -2.11. The second-order valence-corrected chi connectivity index (χ2v) is 7.61. The first-order valence-electron chi connectivity index (χ1n) is 9.14. The third kappa shape index (κ3) is 3.31. The Morgan fingerprint density at radius 3 is 2.93 bits per heavy atom. The number of anilines is 1. The Bertz CT molecular complexity index is 1130. The highest BCUT2D eigenvalue weighted by Crippen LogP contribution is 2.34. The summed E-state index contributed by atoms with van der Waals surface area (Å²) in [6.45, 7) is 1.78. The molecule has 2 heterocycles. The molecule has 1 aliphatic rings. The van der Waals surface area contributed by atoms with Gasteiger partial charge in [-0.25, -0.2) is 9.78 Å². The van der Waals surface area contributed by atoms with Crippen LogP contribution in [0.4, 0.5) is 5.69 Å². The third-order valence-corrected chi connectivity index (χ3v) is 5.90. The first-order chi connectivity index (χ1) is 13.6. The Labute approximate surface area is 165 Å². The fourth-order valence-corrected chi connectivity index (χ4v) is 4.68. The molecule has 0 saturated carbocycles. The monoisotopic (exact) mass is 397 g/mol. The minimum Gasteiger partial charge on any atom is -0.462 e. The van der Waals surface area contributed by atoms with Crippen molar-refractivity contribution >= 4 is 39.1 Å². The van der Waals surface area contributed by atoms with Crippen molar-refractivity contribution in [1.29, 1.82) is 0 Å². The van der Waals surface area contributed by atoms with Crippen LogP contribution in [0.15, 0.2) is 35.4 Å². The molecule has 1 aromatic carbocycles. The number of thiophene rings is 1. The molecule has 28 heavy (non-hydrogen) atoms. The Balaban J connectivity index is 1.58. The van der Waals surface area contributed by atoms with Crippen molar-refractivity contribution in [2.45, 2.75) is 32.7 Å². The van der Waals surface area contributed by atoms with Gasteiger partial charge in [-0.15, -0.1) is 11.3 Å². The first-order valence-corrected chi connectivity index (χ1v) is 9.95. The van der Waals surface area contributed by atoms with Crippen LogP contribution < -0.4 is 10.9 Å². The average molecular weight is 397 g/mol. The highest BCUT2D eigenvalue weighted by molar-refractivity contribution is 7.18. The number of amides is 1. The maximum Gasteiger partial charge on any atom is 0.340 e. The highest BCUT2D eigenvalue weighted by atomic mass is 32.1. The van der Waals surface area contributed by atoms with Gasteiger partial charge in [-0.05, 0) is 43.9 Å². The lowest BCUT2D eigenvalue weighted by molar-refractivity contribution is -0.116. The summed E-state index contributed by atoms with van der Waals surface area (Å²) in [7, 11) is 0. The predicted molar refractivity (Wildman–Crippen MR) is 107 cm³/mol. The number of ether oxygens (including phenoxy) is 1. The van der Waals surface area contributed by atoms with Gasteiger partial charge in [0, 0.05) is 4.88 Å². The van der Waals surface area contributed by atoms with Crippen molar-refractivity contribution < 1.29 is 14.3 Å². The second-order valence-electron chi connectivity index (χ2n) is 6.53. The number of rotatable bonds is 5. The molecule has 1 amide bonds. The van der Waals surface area contributed by atoms with E-state index < -0.39 is 11.9 Å². The van der Waals surface area contributed by atoms with Crippen LogP contribution in [0, 0.1) is 0 Å². The minimum atomic E-state index is -0.507. The van der Waals surface area contributed by atoms with Crippen molar-refractivity contribution in [3.8, 4) is 0 Å². The molecule has 0 bridgehead atoms. The van der Waals surface area contributed by atoms with Crippen LogP contribution in [-0.4, -0.2) is 28.0 Å². The van der Waals surface area contributed by atoms with Gasteiger partial charge in [0.25, 0.3) is 5.56 Å². The van der Waals surface area contributed by atoms with Crippen molar-refractivity contribution in [2.75, 3.05) is 11.9 Å². The summed E-state index contributed by atoms with van der Waals surface area (Å²) in [4.78, 5) is 43.8. The molecule has 4 rings (SSSR count). The van der Waals surface area contributed by atoms with E-state index in [1.54, 1.807) is 42.5 Å². The van der Waals surface area contributed by atoms with E-state index in [2.05, 4.69) is 10.3 Å². The van der Waals surface area contributed by atoms with Crippen LogP contribution >= 0.6 is 11.3 Å². The van der Waals surface area contributed by atoms with Crippen molar-refractivity contribution in [1.82, 2.24) is 9.55 Å². The van der Waals surface area contributed by atoms with Crippen LogP contribution in [0.1, 0.15) is 34.1 Å².